The maximum atomic E-state index is 11.4. The third kappa shape index (κ3) is 3.59. The Morgan fingerprint density at radius 2 is 1.79 bits per heavy atom. The number of halogens is 1. The van der Waals surface area contributed by atoms with Gasteiger partial charge >= 0.3 is 7.82 Å². The second kappa shape index (κ2) is 7.38. The maximum Gasteiger partial charge on any atom is 0.524 e. The molecular weight excluding hydrogens is 423 g/mol. The van der Waals surface area contributed by atoms with Gasteiger partial charge in [0, 0.05) is 12.0 Å². The van der Waals surface area contributed by atoms with Crippen LogP contribution in [-0.4, -0.2) is 39.7 Å². The lowest BCUT2D eigenvalue weighted by Gasteiger charge is -2.63. The Bertz CT molecular complexity index is 810. The number of benzene rings is 1. The summed E-state index contributed by atoms with van der Waals surface area (Å²) in [7, 11) is -1.88. The van der Waals surface area contributed by atoms with Crippen molar-refractivity contribution < 1.29 is 38.5 Å². The van der Waals surface area contributed by atoms with E-state index in [4.69, 9.17) is 30.5 Å². The summed E-state index contributed by atoms with van der Waals surface area (Å²) in [5.74, 6) is 0.598. The topological polar surface area (TPSA) is 115 Å². The molecule has 3 unspecified atom stereocenters. The summed E-state index contributed by atoms with van der Waals surface area (Å²) in [5, 5.41) is 10.1. The predicted octanol–water partition coefficient (Wildman–Crippen LogP) is 3.90. The van der Waals surface area contributed by atoms with Crippen molar-refractivity contribution in [2.75, 3.05) is 14.2 Å². The number of phosphoric acid groups is 1. The molecule has 0 saturated heterocycles. The average Bonchev–Trinajstić information content (AvgIpc) is 2.62. The summed E-state index contributed by atoms with van der Waals surface area (Å²) in [5.41, 5.74) is -0.417. The molecule has 5 rings (SSSR count). The number of hydrogen-bond donors (Lipinski definition) is 3. The molecule has 0 amide bonds. The molecule has 10 heteroatoms. The zero-order chi connectivity index (χ0) is 21.0. The molecule has 4 aliphatic carbocycles. The highest BCUT2D eigenvalue weighted by molar-refractivity contribution is 7.46. The second-order valence-corrected chi connectivity index (χ2v) is 10.5. The molecule has 3 N–H and O–H groups in total. The van der Waals surface area contributed by atoms with Gasteiger partial charge in [0.05, 0.1) is 7.11 Å². The number of rotatable bonds is 7. The van der Waals surface area contributed by atoms with E-state index in [1.165, 1.54) is 20.3 Å². The summed E-state index contributed by atoms with van der Waals surface area (Å²) in [6.07, 6.45) is 3.56. The first kappa shape index (κ1) is 21.4. The minimum atomic E-state index is -4.79. The highest BCUT2D eigenvalue weighted by atomic mass is 35.5. The standard InChI is InChI=1S/C19H26ClO8P/c1-25-15-4-3-12(7-16(15)27-29(22,23)24)17(26-2)19(28-21)13-5-11-6-14(19)10-18(20,8-11)9-13/h3-4,7,11,13-14,17,21H,5-6,8-10H2,1-2H3,(H2,22,23,24). The lowest BCUT2D eigenvalue weighted by Crippen LogP contribution is -2.65. The monoisotopic (exact) mass is 448 g/mol. The van der Waals surface area contributed by atoms with Crippen LogP contribution in [0.15, 0.2) is 18.2 Å². The zero-order valence-electron chi connectivity index (χ0n) is 16.3. The van der Waals surface area contributed by atoms with Gasteiger partial charge in [-0.25, -0.2) is 9.45 Å². The molecule has 1 aromatic rings. The number of methoxy groups -OCH3 is 2. The van der Waals surface area contributed by atoms with Crippen LogP contribution >= 0.6 is 19.4 Å². The van der Waals surface area contributed by atoms with Gasteiger partial charge in [-0.15, -0.1) is 11.6 Å². The zero-order valence-corrected chi connectivity index (χ0v) is 17.9. The van der Waals surface area contributed by atoms with Crippen molar-refractivity contribution in [3.8, 4) is 11.5 Å². The van der Waals surface area contributed by atoms with Gasteiger partial charge in [0.2, 0.25) is 0 Å². The number of hydrogen-bond acceptors (Lipinski definition) is 6. The highest BCUT2D eigenvalue weighted by Crippen LogP contribution is 2.66. The van der Waals surface area contributed by atoms with Gasteiger partial charge in [-0.3, -0.25) is 15.0 Å². The van der Waals surface area contributed by atoms with Crippen molar-refractivity contribution in [1.82, 2.24) is 0 Å². The fourth-order valence-electron chi connectivity index (χ4n) is 6.17. The maximum absolute atomic E-state index is 11.4. The van der Waals surface area contributed by atoms with Gasteiger partial charge in [0.15, 0.2) is 11.5 Å². The van der Waals surface area contributed by atoms with E-state index in [-0.39, 0.29) is 28.2 Å². The predicted molar refractivity (Wildman–Crippen MR) is 104 cm³/mol. The summed E-state index contributed by atoms with van der Waals surface area (Å²) >= 11 is 6.85. The largest absolute Gasteiger partial charge is 0.524 e. The molecule has 162 valence electrons. The van der Waals surface area contributed by atoms with Gasteiger partial charge in [0.25, 0.3) is 0 Å². The number of alkyl halides is 1. The van der Waals surface area contributed by atoms with Crippen molar-refractivity contribution in [2.24, 2.45) is 17.8 Å². The Labute approximate surface area is 174 Å². The molecule has 8 nitrogen and oxygen atoms in total. The van der Waals surface area contributed by atoms with Crippen LogP contribution in [-0.2, 0) is 14.2 Å². The third-order valence-electron chi connectivity index (χ3n) is 6.90. The van der Waals surface area contributed by atoms with E-state index >= 15 is 0 Å². The molecule has 3 atom stereocenters. The van der Waals surface area contributed by atoms with Crippen LogP contribution in [0.5, 0.6) is 11.5 Å². The molecule has 0 aliphatic heterocycles. The molecular formula is C19H26ClO8P. The molecule has 4 aliphatic rings. The Balaban J connectivity index is 1.75. The van der Waals surface area contributed by atoms with Crippen LogP contribution in [0.25, 0.3) is 0 Å². The minimum Gasteiger partial charge on any atom is -0.493 e. The van der Waals surface area contributed by atoms with Crippen molar-refractivity contribution in [3.63, 3.8) is 0 Å². The summed E-state index contributed by atoms with van der Waals surface area (Å²) in [6, 6.07) is 4.74. The molecule has 0 spiro atoms. The van der Waals surface area contributed by atoms with Gasteiger partial charge in [-0.2, -0.15) is 0 Å². The van der Waals surface area contributed by atoms with E-state index < -0.39 is 19.5 Å². The van der Waals surface area contributed by atoms with Gasteiger partial charge in [-0.1, -0.05) is 6.07 Å². The average molecular weight is 449 g/mol. The smallest absolute Gasteiger partial charge is 0.493 e. The first-order valence-electron chi connectivity index (χ1n) is 9.61. The molecule has 4 fully saturated rings. The van der Waals surface area contributed by atoms with Crippen LogP contribution in [0.3, 0.4) is 0 Å². The number of phosphoric ester groups is 1. The van der Waals surface area contributed by atoms with Crippen molar-refractivity contribution in [1.29, 1.82) is 0 Å². The third-order valence-corrected chi connectivity index (χ3v) is 7.80. The summed E-state index contributed by atoms with van der Waals surface area (Å²) in [4.78, 5) is 23.5. The number of ether oxygens (including phenoxy) is 2. The Morgan fingerprint density at radius 1 is 1.14 bits per heavy atom. The second-order valence-electron chi connectivity index (χ2n) is 8.55. The van der Waals surface area contributed by atoms with E-state index in [0.29, 0.717) is 11.5 Å². The SMILES string of the molecule is COc1ccc(C(OC)C2(OO)C3CC4CC2CC(Cl)(C4)C3)cc1OP(=O)(O)O. The van der Waals surface area contributed by atoms with E-state index in [2.05, 4.69) is 0 Å². The summed E-state index contributed by atoms with van der Waals surface area (Å²) in [6.45, 7) is 0. The molecule has 1 aromatic carbocycles. The molecule has 4 saturated carbocycles. The van der Waals surface area contributed by atoms with E-state index in [0.717, 1.165) is 32.1 Å². The van der Waals surface area contributed by atoms with Gasteiger partial charge in [0.1, 0.15) is 11.7 Å². The molecule has 4 bridgehead atoms. The Morgan fingerprint density at radius 3 is 2.28 bits per heavy atom. The minimum absolute atomic E-state index is 0.00875. The molecule has 0 aromatic heterocycles. The Kier molecular flexibility index (Phi) is 5.44. The van der Waals surface area contributed by atoms with Gasteiger partial charge in [-0.05, 0) is 67.6 Å². The first-order valence-corrected chi connectivity index (χ1v) is 11.5. The van der Waals surface area contributed by atoms with Crippen molar-refractivity contribution in [2.45, 2.75) is 48.7 Å². The fourth-order valence-corrected chi connectivity index (χ4v) is 7.16. The van der Waals surface area contributed by atoms with E-state index in [1.54, 1.807) is 12.1 Å². The lowest BCUT2D eigenvalue weighted by atomic mass is 9.48. The van der Waals surface area contributed by atoms with Crippen LogP contribution < -0.4 is 9.26 Å². The van der Waals surface area contributed by atoms with Crippen LogP contribution in [0.2, 0.25) is 0 Å². The molecule has 0 radical (unpaired) electrons. The summed E-state index contributed by atoms with van der Waals surface area (Å²) < 4.78 is 27.2. The van der Waals surface area contributed by atoms with E-state index in [1.807, 2.05) is 0 Å². The Hall–Kier alpha value is -0.860. The molecule has 0 heterocycles. The highest BCUT2D eigenvalue weighted by Gasteiger charge is 2.66. The molecule has 29 heavy (non-hydrogen) atoms. The van der Waals surface area contributed by atoms with Crippen LogP contribution in [0, 0.1) is 17.8 Å². The van der Waals surface area contributed by atoms with Gasteiger partial charge < -0.3 is 14.0 Å². The first-order chi connectivity index (χ1) is 13.6. The quantitative estimate of drug-likeness (QED) is 0.249. The lowest BCUT2D eigenvalue weighted by molar-refractivity contribution is -0.399. The van der Waals surface area contributed by atoms with Crippen LogP contribution in [0.1, 0.15) is 43.8 Å². The van der Waals surface area contributed by atoms with E-state index in [9.17, 15) is 19.6 Å². The van der Waals surface area contributed by atoms with Crippen LogP contribution in [0.4, 0.5) is 0 Å². The normalized spacial score (nSPS) is 36.8. The van der Waals surface area contributed by atoms with Crippen molar-refractivity contribution in [3.05, 3.63) is 23.8 Å². The van der Waals surface area contributed by atoms with Crippen molar-refractivity contribution >= 4 is 19.4 Å². The fraction of sp³-hybridized carbons (Fsp3) is 0.684.